The molecule has 6 atom stereocenters. The number of allylic oxidation sites excluding steroid dienone is 3. The summed E-state index contributed by atoms with van der Waals surface area (Å²) in [5.74, 6) is 1.25. The first-order valence-electron chi connectivity index (χ1n) is 14.0. The van der Waals surface area contributed by atoms with Crippen LogP contribution in [0.3, 0.4) is 0 Å². The van der Waals surface area contributed by atoms with Gasteiger partial charge >= 0.3 is 0 Å². The number of nitrogens with one attached hydrogen (secondary N) is 1. The Morgan fingerprint density at radius 2 is 1.87 bits per heavy atom. The molecule has 206 valence electrons. The van der Waals surface area contributed by atoms with Crippen molar-refractivity contribution >= 4 is 5.91 Å². The minimum atomic E-state index is -1.14. The van der Waals surface area contributed by atoms with E-state index in [1.165, 1.54) is 17.7 Å². The Kier molecular flexibility index (Phi) is 6.00. The van der Waals surface area contributed by atoms with Crippen LogP contribution in [0, 0.1) is 17.3 Å². The van der Waals surface area contributed by atoms with Crippen LogP contribution in [0.25, 0.3) is 0 Å². The van der Waals surface area contributed by atoms with E-state index in [1.54, 1.807) is 37.3 Å². The van der Waals surface area contributed by atoms with Crippen molar-refractivity contribution in [3.8, 4) is 5.75 Å². The smallest absolute Gasteiger partial charge is 0.246 e. The first kappa shape index (κ1) is 25.9. The Morgan fingerprint density at radius 3 is 2.50 bits per heavy atom. The molecule has 2 heterocycles. The number of hydrogen-bond acceptors (Lipinski definition) is 7. The quantitative estimate of drug-likeness (QED) is 0.287. The number of hydrogen-bond donors (Lipinski definition) is 5. The number of benzene rings is 1. The van der Waals surface area contributed by atoms with E-state index >= 15 is 0 Å². The highest BCUT2D eigenvalue weighted by molar-refractivity contribution is 5.89. The van der Waals surface area contributed by atoms with Crippen molar-refractivity contribution in [2.45, 2.75) is 89.4 Å². The summed E-state index contributed by atoms with van der Waals surface area (Å²) in [5, 5.41) is 47.0. The molecule has 5 fully saturated rings. The number of phenolic OH excluding ortho intramolecular Hbond substituents is 1. The van der Waals surface area contributed by atoms with Crippen molar-refractivity contribution in [2.24, 2.45) is 17.3 Å². The molecule has 3 saturated carbocycles. The fraction of sp³-hybridized carbons (Fsp3) is 0.633. The fourth-order valence-corrected chi connectivity index (χ4v) is 8.33. The number of carbonyl (C=O) groups excluding carboxylic acids is 1. The number of aliphatic hydroxyl groups excluding tert-OH is 2. The highest BCUT2D eigenvalue weighted by Crippen LogP contribution is 2.67. The van der Waals surface area contributed by atoms with Gasteiger partial charge in [-0.3, -0.25) is 19.9 Å². The molecule has 0 aromatic heterocycles. The molecular formula is C30H41N3O5. The summed E-state index contributed by atoms with van der Waals surface area (Å²) in [7, 11) is 0. The van der Waals surface area contributed by atoms with Crippen molar-refractivity contribution in [1.29, 1.82) is 0 Å². The van der Waals surface area contributed by atoms with Gasteiger partial charge in [-0.15, -0.1) is 0 Å². The molecule has 2 aliphatic heterocycles. The molecule has 38 heavy (non-hydrogen) atoms. The lowest BCUT2D eigenvalue weighted by Crippen LogP contribution is -2.69. The zero-order chi connectivity index (χ0) is 27.0. The molecule has 3 aliphatic carbocycles. The summed E-state index contributed by atoms with van der Waals surface area (Å²) >= 11 is 0. The van der Waals surface area contributed by atoms with Crippen molar-refractivity contribution in [3.05, 3.63) is 52.8 Å². The summed E-state index contributed by atoms with van der Waals surface area (Å²) in [6.07, 6.45) is 5.18. The average molecular weight is 524 g/mol. The maximum absolute atomic E-state index is 14.1. The van der Waals surface area contributed by atoms with Gasteiger partial charge in [0.2, 0.25) is 5.91 Å². The summed E-state index contributed by atoms with van der Waals surface area (Å²) in [6, 6.07) is 6.71. The molecule has 2 unspecified atom stereocenters. The highest BCUT2D eigenvalue weighted by atomic mass is 16.3. The van der Waals surface area contributed by atoms with E-state index < -0.39 is 22.9 Å². The van der Waals surface area contributed by atoms with Crippen molar-refractivity contribution < 1.29 is 25.2 Å². The van der Waals surface area contributed by atoms with E-state index in [4.69, 9.17) is 0 Å². The second-order valence-corrected chi connectivity index (χ2v) is 12.9. The second-order valence-electron chi connectivity index (χ2n) is 12.9. The Bertz CT molecular complexity index is 1180. The molecule has 2 saturated heterocycles. The Labute approximate surface area is 224 Å². The fourth-order valence-electron chi connectivity index (χ4n) is 8.33. The third-order valence-electron chi connectivity index (χ3n) is 10.0. The molecular weight excluding hydrogens is 482 g/mol. The standard InChI is InChI=1S/C30H41N3O5/c1-18(2)24(12-19(3)34)28-13-22-16-32(14-20-4-5-20)25(22)30(28,38)11-10-29(17-28)26(36)33(27(37)31-29)15-21-6-8-23(35)9-7-21/h6-9,12,20,22,25,27,31,34-35,37-38H,4-5,10-11,13-17H2,1-3H3/b19-12+/t22?,25-,27?,28-,29+,30-/m1/s1. The molecule has 8 heteroatoms. The minimum absolute atomic E-state index is 0.0525. The van der Waals surface area contributed by atoms with Gasteiger partial charge in [0.1, 0.15) is 11.3 Å². The number of carbonyl (C=O) groups is 1. The number of aromatic hydroxyl groups is 1. The summed E-state index contributed by atoms with van der Waals surface area (Å²) in [6.45, 7) is 7.90. The van der Waals surface area contributed by atoms with Crippen LogP contribution in [0.15, 0.2) is 47.2 Å². The Hall–Kier alpha value is -2.39. The van der Waals surface area contributed by atoms with Gasteiger partial charge in [0, 0.05) is 31.1 Å². The van der Waals surface area contributed by atoms with Gasteiger partial charge in [-0.1, -0.05) is 17.7 Å². The van der Waals surface area contributed by atoms with Gasteiger partial charge in [0.15, 0.2) is 6.35 Å². The lowest BCUT2D eigenvalue weighted by molar-refractivity contribution is -0.160. The van der Waals surface area contributed by atoms with Crippen molar-refractivity contribution in [2.75, 3.05) is 13.1 Å². The van der Waals surface area contributed by atoms with Crippen LogP contribution in [0.2, 0.25) is 0 Å². The zero-order valence-electron chi connectivity index (χ0n) is 22.7. The molecule has 6 rings (SSSR count). The van der Waals surface area contributed by atoms with E-state index in [0.717, 1.165) is 42.1 Å². The monoisotopic (exact) mass is 523 g/mol. The lowest BCUT2D eigenvalue weighted by atomic mass is 9.54. The molecule has 5 aliphatic rings. The molecule has 0 bridgehead atoms. The van der Waals surface area contributed by atoms with Gasteiger partial charge in [-0.2, -0.15) is 0 Å². The van der Waals surface area contributed by atoms with Crippen LogP contribution in [0.5, 0.6) is 5.75 Å². The van der Waals surface area contributed by atoms with Crippen LogP contribution in [-0.2, 0) is 11.3 Å². The molecule has 0 radical (unpaired) electrons. The number of likely N-dealkylation sites (tertiary alicyclic amines) is 1. The van der Waals surface area contributed by atoms with E-state index in [-0.39, 0.29) is 30.0 Å². The number of aliphatic hydroxyl groups is 3. The van der Waals surface area contributed by atoms with Crippen LogP contribution in [-0.4, -0.2) is 72.8 Å². The molecule has 1 aromatic rings. The number of fused-ring (bicyclic) bond motifs is 3. The van der Waals surface area contributed by atoms with Gasteiger partial charge in [-0.25, -0.2) is 0 Å². The van der Waals surface area contributed by atoms with Crippen LogP contribution < -0.4 is 5.32 Å². The van der Waals surface area contributed by atoms with E-state index in [2.05, 4.69) is 10.2 Å². The van der Waals surface area contributed by atoms with Crippen LogP contribution >= 0.6 is 0 Å². The number of amides is 1. The zero-order valence-corrected chi connectivity index (χ0v) is 22.7. The van der Waals surface area contributed by atoms with E-state index in [1.807, 2.05) is 13.8 Å². The average Bonchev–Trinajstić information content (AvgIpc) is 3.60. The van der Waals surface area contributed by atoms with Crippen LogP contribution in [0.4, 0.5) is 0 Å². The molecule has 8 nitrogen and oxygen atoms in total. The first-order valence-corrected chi connectivity index (χ1v) is 14.0. The first-order chi connectivity index (χ1) is 18.0. The number of phenols is 1. The van der Waals surface area contributed by atoms with E-state index in [9.17, 15) is 25.2 Å². The predicted molar refractivity (Wildman–Crippen MR) is 143 cm³/mol. The third kappa shape index (κ3) is 3.83. The van der Waals surface area contributed by atoms with Crippen LogP contribution in [0.1, 0.15) is 64.9 Å². The minimum Gasteiger partial charge on any atom is -0.513 e. The summed E-state index contributed by atoms with van der Waals surface area (Å²) < 4.78 is 0. The number of nitrogens with zero attached hydrogens (tertiary/aromatic N) is 2. The third-order valence-corrected chi connectivity index (χ3v) is 10.0. The van der Waals surface area contributed by atoms with Gasteiger partial charge < -0.3 is 20.4 Å². The SMILES string of the molecule is CC(C)=C(/C=C(\C)O)[C@]12CC3CN(CC4CC4)[C@H]3[C@]1(O)CC[C@@]1(C2)NC(O)N(Cc2ccc(O)cc2)C1=O. The molecule has 1 amide bonds. The largest absolute Gasteiger partial charge is 0.513 e. The maximum Gasteiger partial charge on any atom is 0.246 e. The lowest BCUT2D eigenvalue weighted by Gasteiger charge is -2.57. The maximum atomic E-state index is 14.1. The van der Waals surface area contributed by atoms with Crippen molar-refractivity contribution in [3.63, 3.8) is 0 Å². The molecule has 1 spiro atoms. The van der Waals surface area contributed by atoms with E-state index in [0.29, 0.717) is 25.2 Å². The van der Waals surface area contributed by atoms with Gasteiger partial charge in [0.25, 0.3) is 0 Å². The topological polar surface area (TPSA) is 116 Å². The van der Waals surface area contributed by atoms with Gasteiger partial charge in [-0.05, 0) is 100 Å². The second kappa shape index (κ2) is 8.81. The van der Waals surface area contributed by atoms with Gasteiger partial charge in [0.05, 0.1) is 11.4 Å². The Balaban J connectivity index is 1.37. The normalized spacial score (nSPS) is 38.8. The molecule has 1 aromatic carbocycles. The number of rotatable bonds is 6. The summed E-state index contributed by atoms with van der Waals surface area (Å²) in [4.78, 5) is 18.0. The Morgan fingerprint density at radius 1 is 1.16 bits per heavy atom. The summed E-state index contributed by atoms with van der Waals surface area (Å²) in [5.41, 5.74) is 0.00198. The van der Waals surface area contributed by atoms with Crippen molar-refractivity contribution in [1.82, 2.24) is 15.1 Å². The predicted octanol–water partition coefficient (Wildman–Crippen LogP) is 3.15. The highest BCUT2D eigenvalue weighted by Gasteiger charge is 2.74. The molecule has 5 N–H and O–H groups in total.